The van der Waals surface area contributed by atoms with E-state index < -0.39 is 46.2 Å². The Kier molecular flexibility index (Phi) is 10.9. The van der Waals surface area contributed by atoms with Crippen LogP contribution in [0.4, 0.5) is 18.9 Å². The van der Waals surface area contributed by atoms with E-state index in [1.54, 1.807) is 67.6 Å². The summed E-state index contributed by atoms with van der Waals surface area (Å²) in [4.78, 5) is 28.8. The molecule has 0 aromatic heterocycles. The standard InChI is InChI=1S/C33H31ClF3N3O4S/c1-2-38-32(42)30(20-24-11-5-3-6-12-24)39(22-25-13-9-15-27(34)19-25)31(41)23-40(45(43,44)29-17-7-4-8-18-29)28-16-10-14-26(21-28)33(35,36)37/h3-19,21,30H,2,20,22-23H2,1H3,(H,38,42)/t30-/m1/s1. The Labute approximate surface area is 265 Å². The van der Waals surface area contributed by atoms with Crippen molar-refractivity contribution in [2.75, 3.05) is 17.4 Å². The van der Waals surface area contributed by atoms with Crippen LogP contribution in [0.3, 0.4) is 0 Å². The summed E-state index contributed by atoms with van der Waals surface area (Å²) in [5.74, 6) is -1.28. The van der Waals surface area contributed by atoms with E-state index in [2.05, 4.69) is 5.32 Å². The highest BCUT2D eigenvalue weighted by atomic mass is 35.5. The van der Waals surface area contributed by atoms with Crippen molar-refractivity contribution in [1.82, 2.24) is 10.2 Å². The van der Waals surface area contributed by atoms with Gasteiger partial charge < -0.3 is 10.2 Å². The van der Waals surface area contributed by atoms with Gasteiger partial charge in [-0.1, -0.05) is 78.3 Å². The topological polar surface area (TPSA) is 86.8 Å². The van der Waals surface area contributed by atoms with Crippen molar-refractivity contribution in [1.29, 1.82) is 0 Å². The minimum atomic E-state index is -4.76. The van der Waals surface area contributed by atoms with E-state index in [-0.39, 0.29) is 30.1 Å². The zero-order valence-electron chi connectivity index (χ0n) is 24.2. The smallest absolute Gasteiger partial charge is 0.355 e. The summed E-state index contributed by atoms with van der Waals surface area (Å²) in [7, 11) is -4.54. The molecular weight excluding hydrogens is 627 g/mol. The molecule has 2 amide bonds. The van der Waals surface area contributed by atoms with Crippen molar-refractivity contribution in [3.05, 3.63) is 131 Å². The fourth-order valence-corrected chi connectivity index (χ4v) is 6.40. The summed E-state index contributed by atoms with van der Waals surface area (Å²) in [5.41, 5.74) is -0.137. The zero-order valence-corrected chi connectivity index (χ0v) is 25.8. The van der Waals surface area contributed by atoms with Gasteiger partial charge in [0.1, 0.15) is 12.6 Å². The molecule has 0 unspecified atom stereocenters. The van der Waals surface area contributed by atoms with E-state index in [1.165, 1.54) is 35.2 Å². The van der Waals surface area contributed by atoms with Gasteiger partial charge in [0.25, 0.3) is 10.0 Å². The Morgan fingerprint density at radius 3 is 2.09 bits per heavy atom. The molecule has 0 heterocycles. The number of anilines is 1. The molecule has 0 aliphatic heterocycles. The van der Waals surface area contributed by atoms with Crippen molar-refractivity contribution < 1.29 is 31.2 Å². The number of alkyl halides is 3. The number of nitrogens with zero attached hydrogens (tertiary/aromatic N) is 2. The normalized spacial score (nSPS) is 12.3. The molecule has 236 valence electrons. The lowest BCUT2D eigenvalue weighted by molar-refractivity contribution is -0.140. The summed E-state index contributed by atoms with van der Waals surface area (Å²) in [6, 6.07) is 25.4. The number of rotatable bonds is 12. The van der Waals surface area contributed by atoms with Gasteiger partial charge in [-0.05, 0) is 60.5 Å². The van der Waals surface area contributed by atoms with Gasteiger partial charge in [0, 0.05) is 24.5 Å². The Morgan fingerprint density at radius 1 is 0.844 bits per heavy atom. The lowest BCUT2D eigenvalue weighted by atomic mass is 10.0. The number of hydrogen-bond donors (Lipinski definition) is 1. The number of halogens is 4. The average molecular weight is 658 g/mol. The molecule has 45 heavy (non-hydrogen) atoms. The van der Waals surface area contributed by atoms with Crippen LogP contribution in [0.25, 0.3) is 0 Å². The van der Waals surface area contributed by atoms with E-state index in [9.17, 15) is 31.2 Å². The lowest BCUT2D eigenvalue weighted by Crippen LogP contribution is -2.53. The summed E-state index contributed by atoms with van der Waals surface area (Å²) >= 11 is 6.21. The number of amides is 2. The third-order valence-corrected chi connectivity index (χ3v) is 8.96. The van der Waals surface area contributed by atoms with Crippen LogP contribution in [0.1, 0.15) is 23.6 Å². The number of carbonyl (C=O) groups is 2. The number of carbonyl (C=O) groups excluding carboxylic acids is 2. The molecule has 12 heteroatoms. The Balaban J connectivity index is 1.83. The summed E-state index contributed by atoms with van der Waals surface area (Å²) in [6.45, 7) is 0.976. The first-order chi connectivity index (χ1) is 21.4. The SMILES string of the molecule is CCNC(=O)[C@@H](Cc1ccccc1)N(Cc1cccc(Cl)c1)C(=O)CN(c1cccc(C(F)(F)F)c1)S(=O)(=O)c1ccccc1. The second kappa shape index (κ2) is 14.6. The third-order valence-electron chi connectivity index (χ3n) is 6.94. The molecule has 0 saturated heterocycles. The first-order valence-electron chi connectivity index (χ1n) is 14.0. The molecular formula is C33H31ClF3N3O4S. The molecule has 0 fully saturated rings. The molecule has 4 aromatic rings. The van der Waals surface area contributed by atoms with Gasteiger partial charge in [0.15, 0.2) is 0 Å². The van der Waals surface area contributed by atoms with Gasteiger partial charge in [0.2, 0.25) is 11.8 Å². The van der Waals surface area contributed by atoms with Crippen molar-refractivity contribution in [3.63, 3.8) is 0 Å². The van der Waals surface area contributed by atoms with Gasteiger partial charge >= 0.3 is 6.18 Å². The molecule has 1 N–H and O–H groups in total. The zero-order chi connectivity index (χ0) is 32.6. The maximum Gasteiger partial charge on any atom is 0.416 e. The monoisotopic (exact) mass is 657 g/mol. The van der Waals surface area contributed by atoms with Crippen molar-refractivity contribution >= 4 is 39.1 Å². The fourth-order valence-electron chi connectivity index (χ4n) is 4.76. The summed E-state index contributed by atoms with van der Waals surface area (Å²) in [6.07, 6.45) is -4.67. The van der Waals surface area contributed by atoms with Gasteiger partial charge in [-0.15, -0.1) is 0 Å². The van der Waals surface area contributed by atoms with Crippen LogP contribution in [0.15, 0.2) is 114 Å². The maximum atomic E-state index is 14.3. The number of sulfonamides is 1. The van der Waals surface area contributed by atoms with Crippen LogP contribution in [0.5, 0.6) is 0 Å². The minimum absolute atomic E-state index is 0.0912. The first-order valence-corrected chi connectivity index (χ1v) is 15.8. The van der Waals surface area contributed by atoms with Gasteiger partial charge in [-0.25, -0.2) is 8.42 Å². The second-order valence-electron chi connectivity index (χ2n) is 10.1. The second-order valence-corrected chi connectivity index (χ2v) is 12.4. The van der Waals surface area contributed by atoms with E-state index in [0.717, 1.165) is 17.7 Å². The molecule has 0 radical (unpaired) electrons. The maximum absolute atomic E-state index is 14.3. The van der Waals surface area contributed by atoms with Gasteiger partial charge in [-0.2, -0.15) is 13.2 Å². The first kappa shape index (κ1) is 33.5. The highest BCUT2D eigenvalue weighted by Gasteiger charge is 2.36. The molecule has 4 rings (SSSR count). The van der Waals surface area contributed by atoms with Crippen molar-refractivity contribution in [3.8, 4) is 0 Å². The lowest BCUT2D eigenvalue weighted by Gasteiger charge is -2.34. The van der Waals surface area contributed by atoms with Crippen molar-refractivity contribution in [2.45, 2.75) is 37.0 Å². The van der Waals surface area contributed by atoms with Gasteiger partial charge in [-0.3, -0.25) is 13.9 Å². The Hall–Kier alpha value is -4.35. The van der Waals surface area contributed by atoms with Crippen molar-refractivity contribution in [2.24, 2.45) is 0 Å². The molecule has 0 aliphatic carbocycles. The molecule has 0 bridgehead atoms. The number of nitrogens with one attached hydrogen (secondary N) is 1. The third kappa shape index (κ3) is 8.64. The van der Waals surface area contributed by atoms with Crippen LogP contribution >= 0.6 is 11.6 Å². The largest absolute Gasteiger partial charge is 0.416 e. The fraction of sp³-hybridized carbons (Fsp3) is 0.212. The number of likely N-dealkylation sites (N-methyl/N-ethyl adjacent to an activating group) is 1. The van der Waals surface area contributed by atoms with E-state index in [0.29, 0.717) is 21.0 Å². The van der Waals surface area contributed by atoms with Crippen LogP contribution in [-0.4, -0.2) is 44.3 Å². The highest BCUT2D eigenvalue weighted by Crippen LogP contribution is 2.33. The van der Waals surface area contributed by atoms with Crippen LogP contribution in [0, 0.1) is 0 Å². The van der Waals surface area contributed by atoms with Crippen LogP contribution < -0.4 is 9.62 Å². The van der Waals surface area contributed by atoms with E-state index in [4.69, 9.17) is 11.6 Å². The predicted molar refractivity (Wildman–Crippen MR) is 167 cm³/mol. The molecule has 1 atom stereocenters. The molecule has 0 aliphatic rings. The molecule has 7 nitrogen and oxygen atoms in total. The Bertz CT molecular complexity index is 1720. The number of benzene rings is 4. The summed E-state index contributed by atoms with van der Waals surface area (Å²) < 4.78 is 69.6. The molecule has 4 aromatic carbocycles. The highest BCUT2D eigenvalue weighted by molar-refractivity contribution is 7.92. The van der Waals surface area contributed by atoms with Crippen LogP contribution in [0.2, 0.25) is 5.02 Å². The molecule has 0 spiro atoms. The minimum Gasteiger partial charge on any atom is -0.355 e. The van der Waals surface area contributed by atoms with E-state index >= 15 is 0 Å². The van der Waals surface area contributed by atoms with Crippen LogP contribution in [-0.2, 0) is 38.8 Å². The Morgan fingerprint density at radius 2 is 1.47 bits per heavy atom. The number of hydrogen-bond acceptors (Lipinski definition) is 4. The van der Waals surface area contributed by atoms with E-state index in [1.807, 2.05) is 0 Å². The molecule has 0 saturated carbocycles. The summed E-state index contributed by atoms with van der Waals surface area (Å²) in [5, 5.41) is 3.13. The van der Waals surface area contributed by atoms with Gasteiger partial charge in [0.05, 0.1) is 16.1 Å². The predicted octanol–water partition coefficient (Wildman–Crippen LogP) is 6.33. The average Bonchev–Trinajstić information content (AvgIpc) is 3.02. The quantitative estimate of drug-likeness (QED) is 0.193.